The first-order chi connectivity index (χ1) is 13.3. The molecule has 0 bridgehead atoms. The molecule has 0 aromatic heterocycles. The minimum absolute atomic E-state index is 0.926. The van der Waals surface area contributed by atoms with Gasteiger partial charge in [-0.05, 0) is 57.2 Å². The molecule has 4 rings (SSSR count). The van der Waals surface area contributed by atoms with Crippen molar-refractivity contribution in [2.75, 3.05) is 12.5 Å². The normalized spacial score (nSPS) is 15.6. The van der Waals surface area contributed by atoms with Crippen molar-refractivity contribution < 1.29 is 0 Å². The third kappa shape index (κ3) is 3.49. The second-order valence-electron chi connectivity index (χ2n) is 6.14. The predicted molar refractivity (Wildman–Crippen MR) is 133 cm³/mol. The Morgan fingerprint density at radius 2 is 1.74 bits per heavy atom. The Bertz CT molecular complexity index is 1120. The molecule has 0 unspecified atom stereocenters. The van der Waals surface area contributed by atoms with E-state index in [1.807, 2.05) is 53.1 Å². The van der Waals surface area contributed by atoms with Crippen LogP contribution in [0.1, 0.15) is 17.5 Å². The summed E-state index contributed by atoms with van der Waals surface area (Å²) in [6.45, 7) is 4.03. The van der Waals surface area contributed by atoms with Crippen molar-refractivity contribution in [3.8, 4) is 0 Å². The molecular formula is C23H20S4. The second-order valence-corrected chi connectivity index (χ2v) is 10.1. The molecule has 2 aromatic rings. The van der Waals surface area contributed by atoms with Crippen LogP contribution >= 0.6 is 47.0 Å². The molecule has 1 heterocycles. The zero-order valence-corrected chi connectivity index (χ0v) is 18.6. The maximum Gasteiger partial charge on any atom is 0.0571 e. The molecule has 0 saturated heterocycles. The molecule has 0 atom stereocenters. The Hall–Kier alpha value is -1.20. The van der Waals surface area contributed by atoms with E-state index < -0.39 is 0 Å². The molecule has 2 aromatic carbocycles. The molecule has 1 aliphatic heterocycles. The molecule has 0 spiro atoms. The first kappa shape index (κ1) is 19.1. The molecule has 4 heteroatoms. The molecule has 1 aliphatic carbocycles. The molecular weight excluding hydrogens is 405 g/mol. The van der Waals surface area contributed by atoms with Gasteiger partial charge in [-0.3, -0.25) is 0 Å². The number of rotatable bonds is 3. The van der Waals surface area contributed by atoms with E-state index in [0.717, 1.165) is 6.42 Å². The van der Waals surface area contributed by atoms with Gasteiger partial charge in [-0.2, -0.15) is 0 Å². The van der Waals surface area contributed by atoms with Gasteiger partial charge in [-0.25, -0.2) is 0 Å². The highest BCUT2D eigenvalue weighted by Gasteiger charge is 2.17. The van der Waals surface area contributed by atoms with Gasteiger partial charge in [-0.15, -0.1) is 23.5 Å². The molecule has 2 aliphatic rings. The monoisotopic (exact) mass is 424 g/mol. The quantitative estimate of drug-likeness (QED) is 0.542. The number of fused-ring (bicyclic) bond motifs is 2. The zero-order chi connectivity index (χ0) is 18.8. The van der Waals surface area contributed by atoms with Crippen LogP contribution in [-0.2, 0) is 0 Å². The molecule has 0 radical (unpaired) electrons. The minimum Gasteiger partial charge on any atom is -0.122 e. The minimum atomic E-state index is 0.926. The van der Waals surface area contributed by atoms with Crippen molar-refractivity contribution in [3.63, 3.8) is 0 Å². The summed E-state index contributed by atoms with van der Waals surface area (Å²) in [5.74, 6) is 0. The summed E-state index contributed by atoms with van der Waals surface area (Å²) in [5.41, 5.74) is 3.93. The highest BCUT2D eigenvalue weighted by atomic mass is 32.2. The predicted octanol–water partition coefficient (Wildman–Crippen LogP) is 6.63. The van der Waals surface area contributed by atoms with Crippen LogP contribution in [0.3, 0.4) is 0 Å². The van der Waals surface area contributed by atoms with Crippen LogP contribution in [0.15, 0.2) is 59.4 Å². The van der Waals surface area contributed by atoms with Gasteiger partial charge in [0.15, 0.2) is 0 Å². The molecule has 27 heavy (non-hydrogen) atoms. The smallest absolute Gasteiger partial charge is 0.0571 e. The van der Waals surface area contributed by atoms with Crippen molar-refractivity contribution in [1.82, 2.24) is 0 Å². The first-order valence-corrected chi connectivity index (χ1v) is 12.9. The lowest BCUT2D eigenvalue weighted by Crippen LogP contribution is -2.22. The number of allylic oxidation sites excluding steroid dienone is 3. The van der Waals surface area contributed by atoms with Crippen LogP contribution in [0, 0.1) is 0 Å². The summed E-state index contributed by atoms with van der Waals surface area (Å²) in [7, 11) is 0. The standard InChI is InChI=1S/C23H20S4/c1-4-15-8-7-11-18-19(14-15)21(23-26-12-13-27-23)17-10-6-5-9-16(17)20(18)22(24-2)25-3/h4-7,9-14H,1,8H2,2-3H3. The van der Waals surface area contributed by atoms with Crippen LogP contribution in [0.2, 0.25) is 0 Å². The van der Waals surface area contributed by atoms with Crippen LogP contribution in [0.5, 0.6) is 0 Å². The lowest BCUT2D eigenvalue weighted by Gasteiger charge is -2.14. The molecule has 0 saturated carbocycles. The van der Waals surface area contributed by atoms with E-state index in [1.165, 1.54) is 46.4 Å². The van der Waals surface area contributed by atoms with Crippen molar-refractivity contribution in [2.24, 2.45) is 0 Å². The fourth-order valence-electron chi connectivity index (χ4n) is 3.55. The maximum atomic E-state index is 4.03. The van der Waals surface area contributed by atoms with Gasteiger partial charge in [0, 0.05) is 14.7 Å². The fraction of sp³-hybridized carbons (Fsp3) is 0.130. The number of thioether (sulfide) groups is 4. The summed E-state index contributed by atoms with van der Waals surface area (Å²) in [6, 6.07) is 8.86. The van der Waals surface area contributed by atoms with E-state index in [-0.39, 0.29) is 0 Å². The number of hydrogen-bond acceptors (Lipinski definition) is 4. The van der Waals surface area contributed by atoms with E-state index in [0.29, 0.717) is 0 Å². The van der Waals surface area contributed by atoms with Crippen LogP contribution in [0.25, 0.3) is 31.4 Å². The van der Waals surface area contributed by atoms with E-state index in [4.69, 9.17) is 0 Å². The Balaban J connectivity index is 2.33. The third-order valence-corrected chi connectivity index (χ3v) is 8.99. The molecule has 0 fully saturated rings. The van der Waals surface area contributed by atoms with Crippen molar-refractivity contribution in [1.29, 1.82) is 0 Å². The topological polar surface area (TPSA) is 0 Å². The summed E-state index contributed by atoms with van der Waals surface area (Å²) >= 11 is 7.33. The lowest BCUT2D eigenvalue weighted by molar-refractivity contribution is 1.33. The largest absolute Gasteiger partial charge is 0.122 e. The lowest BCUT2D eigenvalue weighted by atomic mass is 9.95. The van der Waals surface area contributed by atoms with E-state index >= 15 is 0 Å². The Morgan fingerprint density at radius 1 is 1.04 bits per heavy atom. The maximum absolute atomic E-state index is 4.03. The molecule has 0 N–H and O–H groups in total. The van der Waals surface area contributed by atoms with Gasteiger partial charge in [0.1, 0.15) is 0 Å². The van der Waals surface area contributed by atoms with Gasteiger partial charge < -0.3 is 0 Å². The van der Waals surface area contributed by atoms with Gasteiger partial charge in [0.2, 0.25) is 0 Å². The van der Waals surface area contributed by atoms with Crippen molar-refractivity contribution in [2.45, 2.75) is 6.42 Å². The SMILES string of the molecule is C=CC1=Cc2c(c(=C(SC)SC)c3ccccc3c2=C2SC=CS2)C=CC1. The first-order valence-electron chi connectivity index (χ1n) is 8.67. The van der Waals surface area contributed by atoms with Gasteiger partial charge in [0.05, 0.1) is 4.24 Å². The third-order valence-electron chi connectivity index (χ3n) is 4.71. The average Bonchev–Trinajstić information content (AvgIpc) is 3.14. The Labute approximate surface area is 177 Å². The summed E-state index contributed by atoms with van der Waals surface area (Å²) in [5, 5.41) is 9.76. The Kier molecular flexibility index (Phi) is 5.98. The van der Waals surface area contributed by atoms with Gasteiger partial charge in [-0.1, -0.05) is 78.7 Å². The zero-order valence-electron chi connectivity index (χ0n) is 15.3. The van der Waals surface area contributed by atoms with Crippen LogP contribution in [-0.4, -0.2) is 12.5 Å². The molecule has 0 nitrogen and oxygen atoms in total. The fourth-order valence-corrected chi connectivity index (χ4v) is 6.99. The van der Waals surface area contributed by atoms with E-state index in [9.17, 15) is 0 Å². The average molecular weight is 425 g/mol. The number of benzene rings is 2. The summed E-state index contributed by atoms with van der Waals surface area (Å²) in [4.78, 5) is 0. The van der Waals surface area contributed by atoms with E-state index in [2.05, 4.69) is 72.4 Å². The highest BCUT2D eigenvalue weighted by Crippen LogP contribution is 2.39. The molecule has 0 amide bonds. The van der Waals surface area contributed by atoms with Crippen molar-refractivity contribution >= 4 is 78.4 Å². The summed E-state index contributed by atoms with van der Waals surface area (Å²) in [6.07, 6.45) is 14.2. The van der Waals surface area contributed by atoms with E-state index in [1.54, 1.807) is 0 Å². The number of hydrogen-bond donors (Lipinski definition) is 0. The van der Waals surface area contributed by atoms with Crippen LogP contribution in [0.4, 0.5) is 0 Å². The summed E-state index contributed by atoms with van der Waals surface area (Å²) < 4.78 is 2.72. The van der Waals surface area contributed by atoms with Crippen molar-refractivity contribution in [3.05, 3.63) is 80.9 Å². The Morgan fingerprint density at radius 3 is 2.41 bits per heavy atom. The van der Waals surface area contributed by atoms with Gasteiger partial charge in [0.25, 0.3) is 0 Å². The molecule has 136 valence electrons. The highest BCUT2D eigenvalue weighted by molar-refractivity contribution is 8.34. The van der Waals surface area contributed by atoms with Gasteiger partial charge >= 0.3 is 0 Å². The van der Waals surface area contributed by atoms with Crippen LogP contribution < -0.4 is 10.4 Å². The second kappa shape index (κ2) is 8.44.